The van der Waals surface area contributed by atoms with E-state index < -0.39 is 6.61 Å². The van der Waals surface area contributed by atoms with Crippen molar-refractivity contribution >= 4 is 35.6 Å². The van der Waals surface area contributed by atoms with Crippen LogP contribution in [-0.4, -0.2) is 44.8 Å². The van der Waals surface area contributed by atoms with Gasteiger partial charge in [0.15, 0.2) is 5.96 Å². The monoisotopic (exact) mass is 464 g/mol. The Morgan fingerprint density at radius 2 is 2.24 bits per heavy atom. The number of nitrogens with zero attached hydrogens (tertiary/aromatic N) is 2. The Kier molecular flexibility index (Phi) is 9.34. The number of anilines is 1. The van der Waals surface area contributed by atoms with E-state index in [0.29, 0.717) is 24.7 Å². The number of halogens is 3. The first-order valence-electron chi connectivity index (χ1n) is 7.91. The van der Waals surface area contributed by atoms with Gasteiger partial charge in [-0.05, 0) is 25.5 Å². The minimum atomic E-state index is -2.83. The number of para-hydroxylation sites is 2. The van der Waals surface area contributed by atoms with Gasteiger partial charge >= 0.3 is 6.61 Å². The number of terminal acetylenes is 1. The van der Waals surface area contributed by atoms with Crippen molar-refractivity contribution in [2.75, 3.05) is 31.1 Å². The third-order valence-electron chi connectivity index (χ3n) is 3.62. The van der Waals surface area contributed by atoms with Crippen molar-refractivity contribution in [1.29, 1.82) is 0 Å². The van der Waals surface area contributed by atoms with E-state index in [0.717, 1.165) is 19.5 Å². The first-order valence-corrected chi connectivity index (χ1v) is 7.91. The fourth-order valence-corrected chi connectivity index (χ4v) is 2.65. The van der Waals surface area contributed by atoms with Gasteiger partial charge in [-0.1, -0.05) is 18.1 Å². The van der Waals surface area contributed by atoms with Gasteiger partial charge in [0.2, 0.25) is 0 Å². The molecule has 0 radical (unpaired) electrons. The summed E-state index contributed by atoms with van der Waals surface area (Å²) in [6.45, 7) is 1.60. The molecule has 5 nitrogen and oxygen atoms in total. The van der Waals surface area contributed by atoms with Crippen molar-refractivity contribution in [3.05, 3.63) is 24.3 Å². The number of benzene rings is 1. The molecule has 2 rings (SSSR count). The molecular formula is C17H23F2IN4O. The molecule has 0 aliphatic carbocycles. The van der Waals surface area contributed by atoms with E-state index >= 15 is 0 Å². The Balaban J connectivity index is 0.00000312. The van der Waals surface area contributed by atoms with Gasteiger partial charge in [0.05, 0.1) is 5.69 Å². The highest BCUT2D eigenvalue weighted by atomic mass is 127. The second-order valence-corrected chi connectivity index (χ2v) is 5.32. The Morgan fingerprint density at radius 3 is 2.92 bits per heavy atom. The van der Waals surface area contributed by atoms with Crippen LogP contribution in [0.1, 0.15) is 13.3 Å². The lowest BCUT2D eigenvalue weighted by Crippen LogP contribution is -2.44. The molecule has 1 unspecified atom stereocenters. The van der Waals surface area contributed by atoms with Crippen molar-refractivity contribution in [2.24, 2.45) is 4.99 Å². The molecule has 0 aromatic heterocycles. The number of rotatable bonds is 6. The lowest BCUT2D eigenvalue weighted by Gasteiger charge is -2.22. The first-order chi connectivity index (χ1) is 11.6. The third-order valence-corrected chi connectivity index (χ3v) is 3.62. The number of hydrogen-bond acceptors (Lipinski definition) is 3. The van der Waals surface area contributed by atoms with Crippen LogP contribution >= 0.6 is 24.0 Å². The largest absolute Gasteiger partial charge is 0.433 e. The zero-order valence-corrected chi connectivity index (χ0v) is 16.4. The second-order valence-electron chi connectivity index (χ2n) is 5.32. The van der Waals surface area contributed by atoms with Gasteiger partial charge in [0.25, 0.3) is 0 Å². The van der Waals surface area contributed by atoms with Crippen LogP contribution in [0.25, 0.3) is 0 Å². The number of alkyl halides is 2. The van der Waals surface area contributed by atoms with Gasteiger partial charge in [-0.25, -0.2) is 4.99 Å². The summed E-state index contributed by atoms with van der Waals surface area (Å²) in [7, 11) is 0. The van der Waals surface area contributed by atoms with Gasteiger partial charge in [-0.3, -0.25) is 0 Å². The van der Waals surface area contributed by atoms with Crippen LogP contribution in [0.2, 0.25) is 0 Å². The zero-order chi connectivity index (χ0) is 17.4. The summed E-state index contributed by atoms with van der Waals surface area (Å²) in [4.78, 5) is 6.29. The number of ether oxygens (including phenoxy) is 1. The standard InChI is InChI=1S/C17H22F2N4O.HI/c1-3-10-21-17(20-4-2)22-13-9-11-23(12-13)14-7-5-6-8-15(14)24-16(18)19;/h1,5-8,13,16H,4,9-12H2,2H3,(H2,20,21,22);1H. The van der Waals surface area contributed by atoms with Gasteiger partial charge in [0.1, 0.15) is 12.3 Å². The van der Waals surface area contributed by atoms with Crippen molar-refractivity contribution in [3.63, 3.8) is 0 Å². The Morgan fingerprint density at radius 1 is 1.48 bits per heavy atom. The second kappa shape index (κ2) is 11.0. The average molecular weight is 464 g/mol. The van der Waals surface area contributed by atoms with Crippen LogP contribution in [0.5, 0.6) is 5.75 Å². The fourth-order valence-electron chi connectivity index (χ4n) is 2.65. The molecule has 1 heterocycles. The lowest BCUT2D eigenvalue weighted by molar-refractivity contribution is -0.0495. The summed E-state index contributed by atoms with van der Waals surface area (Å²) >= 11 is 0. The summed E-state index contributed by atoms with van der Waals surface area (Å²) in [5.74, 6) is 3.34. The first kappa shape index (κ1) is 21.3. The highest BCUT2D eigenvalue weighted by molar-refractivity contribution is 14.0. The number of guanidine groups is 1. The lowest BCUT2D eigenvalue weighted by atomic mass is 10.2. The smallest absolute Gasteiger partial charge is 0.387 e. The van der Waals surface area contributed by atoms with Gasteiger partial charge < -0.3 is 20.3 Å². The predicted molar refractivity (Wildman–Crippen MR) is 107 cm³/mol. The minimum Gasteiger partial charge on any atom is -0.433 e. The summed E-state index contributed by atoms with van der Waals surface area (Å²) < 4.78 is 29.7. The molecule has 1 aromatic carbocycles. The third kappa shape index (κ3) is 6.57. The van der Waals surface area contributed by atoms with Crippen molar-refractivity contribution < 1.29 is 13.5 Å². The molecular weight excluding hydrogens is 441 g/mol. The van der Waals surface area contributed by atoms with Crippen LogP contribution in [0.3, 0.4) is 0 Å². The van der Waals surface area contributed by atoms with Crippen LogP contribution in [-0.2, 0) is 0 Å². The molecule has 0 bridgehead atoms. The van der Waals surface area contributed by atoms with E-state index in [9.17, 15) is 8.78 Å². The highest BCUT2D eigenvalue weighted by Gasteiger charge is 2.25. The van der Waals surface area contributed by atoms with E-state index in [1.54, 1.807) is 18.2 Å². The number of nitrogens with one attached hydrogen (secondary N) is 2. The Hall–Kier alpha value is -1.76. The number of aliphatic imine (C=N–C) groups is 1. The van der Waals surface area contributed by atoms with E-state index in [-0.39, 0.29) is 35.8 Å². The van der Waals surface area contributed by atoms with E-state index in [1.165, 1.54) is 0 Å². The molecule has 1 fully saturated rings. The van der Waals surface area contributed by atoms with E-state index in [1.807, 2.05) is 17.9 Å². The quantitative estimate of drug-likeness (QED) is 0.294. The van der Waals surface area contributed by atoms with Crippen molar-refractivity contribution in [3.8, 4) is 18.1 Å². The average Bonchev–Trinajstić information content (AvgIpc) is 3.01. The van der Waals surface area contributed by atoms with E-state index in [4.69, 9.17) is 6.42 Å². The van der Waals surface area contributed by atoms with Crippen LogP contribution in [0.4, 0.5) is 14.5 Å². The van der Waals surface area contributed by atoms with Gasteiger partial charge in [0, 0.05) is 25.7 Å². The zero-order valence-electron chi connectivity index (χ0n) is 14.0. The summed E-state index contributed by atoms with van der Waals surface area (Å²) in [6.07, 6.45) is 6.10. The van der Waals surface area contributed by atoms with Gasteiger partial charge in [-0.2, -0.15) is 8.78 Å². The molecule has 2 N–H and O–H groups in total. The molecule has 1 atom stereocenters. The predicted octanol–water partition coefficient (Wildman–Crippen LogP) is 2.67. The molecule has 1 aliphatic heterocycles. The van der Waals surface area contributed by atoms with E-state index in [2.05, 4.69) is 26.3 Å². The maximum Gasteiger partial charge on any atom is 0.387 e. The maximum atomic E-state index is 12.5. The Bertz CT molecular complexity index is 607. The fraction of sp³-hybridized carbons (Fsp3) is 0.471. The van der Waals surface area contributed by atoms with Crippen LogP contribution < -0.4 is 20.3 Å². The molecule has 0 amide bonds. The van der Waals surface area contributed by atoms with Crippen LogP contribution in [0.15, 0.2) is 29.3 Å². The molecule has 138 valence electrons. The van der Waals surface area contributed by atoms with Crippen molar-refractivity contribution in [1.82, 2.24) is 10.6 Å². The maximum absolute atomic E-state index is 12.5. The Labute approximate surface area is 164 Å². The summed E-state index contributed by atoms with van der Waals surface area (Å²) in [6, 6.07) is 6.99. The molecule has 8 heteroatoms. The molecule has 25 heavy (non-hydrogen) atoms. The van der Waals surface area contributed by atoms with Crippen molar-refractivity contribution in [2.45, 2.75) is 26.0 Å². The topological polar surface area (TPSA) is 48.9 Å². The molecule has 1 aromatic rings. The molecule has 1 saturated heterocycles. The molecule has 0 saturated carbocycles. The highest BCUT2D eigenvalue weighted by Crippen LogP contribution is 2.31. The summed E-state index contributed by atoms with van der Waals surface area (Å²) in [5, 5.41) is 6.46. The normalized spacial score (nSPS) is 17.0. The molecule has 0 spiro atoms. The molecule has 1 aliphatic rings. The number of hydrogen-bond donors (Lipinski definition) is 2. The summed E-state index contributed by atoms with van der Waals surface area (Å²) in [5.41, 5.74) is 0.674. The van der Waals surface area contributed by atoms with Gasteiger partial charge in [-0.15, -0.1) is 30.4 Å². The SMILES string of the molecule is C#CCN=C(NCC)NC1CCN(c2ccccc2OC(F)F)C1.I. The minimum absolute atomic E-state index is 0. The van der Waals surface area contributed by atoms with Crippen LogP contribution in [0, 0.1) is 12.3 Å².